The van der Waals surface area contributed by atoms with Crippen LogP contribution in [-0.2, 0) is 6.54 Å². The lowest BCUT2D eigenvalue weighted by atomic mass is 10.0. The number of hydrogen-bond acceptors (Lipinski definition) is 5. The molecule has 0 radical (unpaired) electrons. The van der Waals surface area contributed by atoms with E-state index >= 15 is 0 Å². The number of halogens is 1. The number of benzene rings is 3. The first kappa shape index (κ1) is 22.2. The van der Waals surface area contributed by atoms with Gasteiger partial charge in [0.05, 0.1) is 35.3 Å². The van der Waals surface area contributed by atoms with Crippen molar-refractivity contribution in [2.24, 2.45) is 0 Å². The summed E-state index contributed by atoms with van der Waals surface area (Å²) < 4.78 is 6.93. The van der Waals surface area contributed by atoms with Gasteiger partial charge in [-0.3, -0.25) is 4.79 Å². The molecule has 33 heavy (non-hydrogen) atoms. The molecule has 0 aliphatic heterocycles. The van der Waals surface area contributed by atoms with E-state index < -0.39 is 5.91 Å². The van der Waals surface area contributed by atoms with Crippen molar-refractivity contribution in [2.75, 3.05) is 14.2 Å². The van der Waals surface area contributed by atoms with Crippen LogP contribution in [0.3, 0.4) is 0 Å². The molecule has 0 bridgehead atoms. The van der Waals surface area contributed by atoms with Crippen molar-refractivity contribution in [1.29, 1.82) is 0 Å². The minimum absolute atomic E-state index is 0.0482. The number of nitrogens with zero attached hydrogens (tertiary/aromatic N) is 3. The summed E-state index contributed by atoms with van der Waals surface area (Å²) in [5.74, 6) is -0.262. The van der Waals surface area contributed by atoms with Crippen LogP contribution >= 0.6 is 11.6 Å². The number of hydrogen-bond donors (Lipinski definition) is 2. The number of methoxy groups -OCH3 is 1. The number of ether oxygens (including phenoxy) is 1. The van der Waals surface area contributed by atoms with Crippen molar-refractivity contribution < 1.29 is 19.7 Å². The molecule has 0 unspecified atom stereocenters. The largest absolute Gasteiger partial charge is 0.507 e. The summed E-state index contributed by atoms with van der Waals surface area (Å²) in [5.41, 5.74) is 2.34. The van der Waals surface area contributed by atoms with E-state index in [-0.39, 0.29) is 23.6 Å². The average molecular weight is 464 g/mol. The predicted octanol–water partition coefficient (Wildman–Crippen LogP) is 4.88. The summed E-state index contributed by atoms with van der Waals surface area (Å²) in [6.45, 7) is 0.274. The SMILES string of the molecule is COc1ccccc1CN(C)C(=O)c1cc(-c2ccnn2-c2ccccc2Cl)c(O)cc1O. The van der Waals surface area contributed by atoms with Gasteiger partial charge in [-0.1, -0.05) is 41.9 Å². The number of phenols is 2. The van der Waals surface area contributed by atoms with Crippen LogP contribution in [0.15, 0.2) is 72.9 Å². The molecule has 0 aliphatic carbocycles. The number of para-hydroxylation sites is 2. The summed E-state index contributed by atoms with van der Waals surface area (Å²) in [6.07, 6.45) is 1.57. The highest BCUT2D eigenvalue weighted by atomic mass is 35.5. The molecule has 3 aromatic carbocycles. The van der Waals surface area contributed by atoms with Crippen molar-refractivity contribution in [3.63, 3.8) is 0 Å². The van der Waals surface area contributed by atoms with E-state index in [4.69, 9.17) is 16.3 Å². The Labute approximate surface area is 196 Å². The highest BCUT2D eigenvalue weighted by Gasteiger charge is 2.22. The predicted molar refractivity (Wildman–Crippen MR) is 126 cm³/mol. The molecule has 0 spiro atoms. The Morgan fingerprint density at radius 2 is 1.79 bits per heavy atom. The Balaban J connectivity index is 1.71. The third-order valence-corrected chi connectivity index (χ3v) is 5.61. The molecule has 1 heterocycles. The van der Waals surface area contributed by atoms with Crippen molar-refractivity contribution >= 4 is 17.5 Å². The highest BCUT2D eigenvalue weighted by Crippen LogP contribution is 2.37. The number of rotatable bonds is 6. The second kappa shape index (κ2) is 9.26. The van der Waals surface area contributed by atoms with Gasteiger partial charge in [0.2, 0.25) is 0 Å². The molecule has 2 N–H and O–H groups in total. The number of phenolic OH excluding ortho intramolecular Hbond substituents is 2. The van der Waals surface area contributed by atoms with Crippen LogP contribution in [0.25, 0.3) is 16.9 Å². The minimum atomic E-state index is -0.413. The molecule has 4 rings (SSSR count). The Hall–Kier alpha value is -3.97. The van der Waals surface area contributed by atoms with E-state index in [9.17, 15) is 15.0 Å². The number of aromatic nitrogens is 2. The second-order valence-corrected chi connectivity index (χ2v) is 7.85. The molecule has 0 saturated carbocycles. The summed E-state index contributed by atoms with van der Waals surface area (Å²) >= 11 is 6.33. The van der Waals surface area contributed by atoms with E-state index in [1.54, 1.807) is 49.3 Å². The van der Waals surface area contributed by atoms with Crippen molar-refractivity contribution in [2.45, 2.75) is 6.54 Å². The maximum atomic E-state index is 13.2. The maximum absolute atomic E-state index is 13.2. The van der Waals surface area contributed by atoms with Gasteiger partial charge >= 0.3 is 0 Å². The van der Waals surface area contributed by atoms with Gasteiger partial charge in [-0.2, -0.15) is 5.10 Å². The average Bonchev–Trinajstić information content (AvgIpc) is 3.28. The van der Waals surface area contributed by atoms with Gasteiger partial charge < -0.3 is 19.8 Å². The molecule has 0 atom stereocenters. The quantitative estimate of drug-likeness (QED) is 0.425. The second-order valence-electron chi connectivity index (χ2n) is 7.44. The van der Waals surface area contributed by atoms with Gasteiger partial charge in [0.15, 0.2) is 0 Å². The Morgan fingerprint density at radius 3 is 2.55 bits per heavy atom. The molecule has 4 aromatic rings. The van der Waals surface area contributed by atoms with Crippen molar-refractivity contribution in [3.8, 4) is 34.2 Å². The molecular formula is C25H22ClN3O4. The van der Waals surface area contributed by atoms with Crippen molar-refractivity contribution in [3.05, 3.63) is 89.1 Å². The molecule has 1 aromatic heterocycles. The van der Waals surface area contributed by atoms with E-state index in [0.29, 0.717) is 27.7 Å². The lowest BCUT2D eigenvalue weighted by molar-refractivity contribution is 0.0781. The van der Waals surface area contributed by atoms with E-state index in [1.165, 1.54) is 11.0 Å². The van der Waals surface area contributed by atoms with Gasteiger partial charge in [-0.25, -0.2) is 4.68 Å². The topological polar surface area (TPSA) is 87.8 Å². The van der Waals surface area contributed by atoms with Crippen LogP contribution < -0.4 is 4.74 Å². The molecule has 0 aliphatic rings. The zero-order valence-electron chi connectivity index (χ0n) is 18.1. The van der Waals surface area contributed by atoms with Gasteiger partial charge in [0.1, 0.15) is 17.2 Å². The first-order valence-electron chi connectivity index (χ1n) is 10.1. The third kappa shape index (κ3) is 4.36. The van der Waals surface area contributed by atoms with Gasteiger partial charge in [-0.05, 0) is 30.3 Å². The number of aromatic hydroxyl groups is 2. The maximum Gasteiger partial charge on any atom is 0.257 e. The van der Waals surface area contributed by atoms with Crippen LogP contribution in [-0.4, -0.2) is 45.0 Å². The third-order valence-electron chi connectivity index (χ3n) is 5.29. The van der Waals surface area contributed by atoms with Crippen LogP contribution in [0, 0.1) is 0 Å². The fourth-order valence-electron chi connectivity index (χ4n) is 3.64. The van der Waals surface area contributed by atoms with Crippen LogP contribution in [0.1, 0.15) is 15.9 Å². The van der Waals surface area contributed by atoms with E-state index in [0.717, 1.165) is 11.6 Å². The summed E-state index contributed by atoms with van der Waals surface area (Å²) in [7, 11) is 3.20. The van der Waals surface area contributed by atoms with Gasteiger partial charge in [0, 0.05) is 30.8 Å². The van der Waals surface area contributed by atoms with Gasteiger partial charge in [-0.15, -0.1) is 0 Å². The first-order chi connectivity index (χ1) is 15.9. The fraction of sp³-hybridized carbons (Fsp3) is 0.120. The lowest BCUT2D eigenvalue weighted by Crippen LogP contribution is -2.26. The zero-order valence-corrected chi connectivity index (χ0v) is 18.8. The summed E-state index contributed by atoms with van der Waals surface area (Å²) in [4.78, 5) is 14.7. The number of carbonyl (C=O) groups excluding carboxylic acids is 1. The molecular weight excluding hydrogens is 442 g/mol. The lowest BCUT2D eigenvalue weighted by Gasteiger charge is -2.20. The standard InChI is InChI=1S/C25H22ClN3O4/c1-28(15-16-7-3-6-10-24(16)33-2)25(32)18-13-17(22(30)14-23(18)31)20-11-12-27-29(20)21-9-5-4-8-19(21)26/h3-14,30-31H,15H2,1-2H3. The molecule has 8 heteroatoms. The summed E-state index contributed by atoms with van der Waals surface area (Å²) in [6, 6.07) is 18.9. The van der Waals surface area contributed by atoms with Crippen LogP contribution in [0.2, 0.25) is 5.02 Å². The smallest absolute Gasteiger partial charge is 0.257 e. The fourth-order valence-corrected chi connectivity index (χ4v) is 3.86. The summed E-state index contributed by atoms with van der Waals surface area (Å²) in [5, 5.41) is 25.8. The first-order valence-corrected chi connectivity index (χ1v) is 10.5. The molecule has 168 valence electrons. The zero-order chi connectivity index (χ0) is 23.5. The molecule has 0 saturated heterocycles. The molecule has 0 fully saturated rings. The van der Waals surface area contributed by atoms with Crippen LogP contribution in [0.5, 0.6) is 17.2 Å². The van der Waals surface area contributed by atoms with Crippen LogP contribution in [0.4, 0.5) is 0 Å². The normalized spacial score (nSPS) is 10.8. The van der Waals surface area contributed by atoms with Gasteiger partial charge in [0.25, 0.3) is 5.91 Å². The minimum Gasteiger partial charge on any atom is -0.507 e. The Bertz CT molecular complexity index is 1320. The number of carbonyl (C=O) groups is 1. The highest BCUT2D eigenvalue weighted by molar-refractivity contribution is 6.32. The molecule has 7 nitrogen and oxygen atoms in total. The van der Waals surface area contributed by atoms with Crippen molar-refractivity contribution in [1.82, 2.24) is 14.7 Å². The van der Waals surface area contributed by atoms with E-state index in [2.05, 4.69) is 5.10 Å². The van der Waals surface area contributed by atoms with E-state index in [1.807, 2.05) is 30.3 Å². The number of amides is 1. The Morgan fingerprint density at radius 1 is 1.06 bits per heavy atom. The monoisotopic (exact) mass is 463 g/mol. The molecule has 1 amide bonds. The Kier molecular flexibility index (Phi) is 6.24.